The van der Waals surface area contributed by atoms with Gasteiger partial charge in [-0.05, 0) is 22.6 Å². The fourth-order valence-electron chi connectivity index (χ4n) is 0.772. The third kappa shape index (κ3) is 2.05. The van der Waals surface area contributed by atoms with E-state index in [4.69, 9.17) is 5.11 Å². The van der Waals surface area contributed by atoms with E-state index < -0.39 is 28.5 Å². The molecule has 0 aromatic carbocycles. The molecule has 8 heteroatoms. The number of nitrogens with zero attached hydrogens (tertiary/aromatic N) is 2. The molecule has 0 atom stereocenters. The summed E-state index contributed by atoms with van der Waals surface area (Å²) in [6, 6.07) is 0.663. The van der Waals surface area contributed by atoms with Gasteiger partial charge in [-0.25, -0.2) is 13.8 Å². The SMILES string of the molecule is O=[N+]([O-])c1cc(O)c(C(F)F)nc1I. The molecule has 1 heterocycles. The van der Waals surface area contributed by atoms with E-state index >= 15 is 0 Å². The van der Waals surface area contributed by atoms with E-state index in [1.165, 1.54) is 22.6 Å². The zero-order chi connectivity index (χ0) is 10.9. The first-order chi connectivity index (χ1) is 6.43. The molecule has 1 aromatic rings. The smallest absolute Gasteiger partial charge is 0.304 e. The van der Waals surface area contributed by atoms with Crippen molar-refractivity contribution >= 4 is 28.3 Å². The quantitative estimate of drug-likeness (QED) is 0.393. The van der Waals surface area contributed by atoms with Crippen LogP contribution in [-0.2, 0) is 0 Å². The van der Waals surface area contributed by atoms with Crippen molar-refractivity contribution in [2.45, 2.75) is 6.43 Å². The van der Waals surface area contributed by atoms with Crippen molar-refractivity contribution in [1.82, 2.24) is 4.98 Å². The number of aromatic hydroxyl groups is 1. The molecule has 76 valence electrons. The molecule has 1 N–H and O–H groups in total. The van der Waals surface area contributed by atoms with Gasteiger partial charge in [0.2, 0.25) is 0 Å². The van der Waals surface area contributed by atoms with Crippen molar-refractivity contribution in [3.05, 3.63) is 25.6 Å². The van der Waals surface area contributed by atoms with Crippen LogP contribution in [0.25, 0.3) is 0 Å². The average molecular weight is 316 g/mol. The molecule has 0 unspecified atom stereocenters. The highest BCUT2D eigenvalue weighted by Gasteiger charge is 2.22. The Morgan fingerprint density at radius 2 is 2.21 bits per heavy atom. The molecule has 1 aromatic heterocycles. The van der Waals surface area contributed by atoms with Crippen LogP contribution in [0.5, 0.6) is 5.75 Å². The Kier molecular flexibility index (Phi) is 3.13. The number of nitro groups is 1. The normalized spacial score (nSPS) is 10.6. The first kappa shape index (κ1) is 11.0. The summed E-state index contributed by atoms with van der Waals surface area (Å²) in [5.41, 5.74) is -1.34. The Bertz CT molecular complexity index is 386. The maximum Gasteiger partial charge on any atom is 0.304 e. The minimum Gasteiger partial charge on any atom is -0.506 e. The van der Waals surface area contributed by atoms with Gasteiger partial charge >= 0.3 is 5.69 Å². The second-order valence-corrected chi connectivity index (χ2v) is 3.28. The molecule has 0 aliphatic rings. The zero-order valence-corrected chi connectivity index (χ0v) is 8.60. The van der Waals surface area contributed by atoms with Crippen LogP contribution in [0.2, 0.25) is 0 Å². The summed E-state index contributed by atoms with van der Waals surface area (Å²) in [6.07, 6.45) is -2.95. The first-order valence-corrected chi connectivity index (χ1v) is 4.33. The van der Waals surface area contributed by atoms with Gasteiger partial charge in [0.1, 0.15) is 11.4 Å². The fourth-order valence-corrected chi connectivity index (χ4v) is 1.38. The second-order valence-electron chi connectivity index (χ2n) is 2.26. The molecule has 0 amide bonds. The Balaban J connectivity index is 3.31. The van der Waals surface area contributed by atoms with Crippen molar-refractivity contribution < 1.29 is 18.8 Å². The molecule has 0 bridgehead atoms. The van der Waals surface area contributed by atoms with Crippen LogP contribution in [0.4, 0.5) is 14.5 Å². The predicted octanol–water partition coefficient (Wildman–Crippen LogP) is 2.24. The van der Waals surface area contributed by atoms with Gasteiger partial charge in [0, 0.05) is 0 Å². The van der Waals surface area contributed by atoms with Crippen LogP contribution < -0.4 is 0 Å². The number of halogens is 3. The zero-order valence-electron chi connectivity index (χ0n) is 6.45. The topological polar surface area (TPSA) is 76.3 Å². The monoisotopic (exact) mass is 316 g/mol. The Hall–Kier alpha value is -1.06. The maximum atomic E-state index is 12.1. The molecule has 0 saturated heterocycles. The van der Waals surface area contributed by atoms with Gasteiger partial charge in [-0.1, -0.05) is 0 Å². The van der Waals surface area contributed by atoms with Gasteiger partial charge in [0.15, 0.2) is 3.70 Å². The highest BCUT2D eigenvalue weighted by atomic mass is 127. The summed E-state index contributed by atoms with van der Waals surface area (Å²) in [5.74, 6) is -0.868. The molecule has 0 aliphatic heterocycles. The van der Waals surface area contributed by atoms with Crippen LogP contribution in [-0.4, -0.2) is 15.0 Å². The van der Waals surface area contributed by atoms with Gasteiger partial charge < -0.3 is 5.11 Å². The summed E-state index contributed by atoms with van der Waals surface area (Å²) < 4.78 is 24.1. The van der Waals surface area contributed by atoms with Crippen molar-refractivity contribution in [2.24, 2.45) is 0 Å². The van der Waals surface area contributed by atoms with Crippen molar-refractivity contribution in [1.29, 1.82) is 0 Å². The van der Waals surface area contributed by atoms with E-state index in [-0.39, 0.29) is 3.70 Å². The van der Waals surface area contributed by atoms with Gasteiger partial charge in [-0.15, -0.1) is 0 Å². The van der Waals surface area contributed by atoms with Crippen LogP contribution in [0.1, 0.15) is 12.1 Å². The molecule has 0 aliphatic carbocycles. The summed E-state index contributed by atoms with van der Waals surface area (Å²) in [4.78, 5) is 12.8. The molecule has 5 nitrogen and oxygen atoms in total. The van der Waals surface area contributed by atoms with E-state index in [0.29, 0.717) is 6.07 Å². The molecule has 0 spiro atoms. The van der Waals surface area contributed by atoms with Crippen LogP contribution in [0, 0.1) is 13.8 Å². The lowest BCUT2D eigenvalue weighted by Gasteiger charge is -2.02. The standard InChI is InChI=1S/C6H3F2IN2O3/c7-5(8)4-3(12)1-2(11(13)14)6(9)10-4/h1,5,12H. The highest BCUT2D eigenvalue weighted by Crippen LogP contribution is 2.31. The number of rotatable bonds is 2. The Morgan fingerprint density at radius 3 is 2.64 bits per heavy atom. The van der Waals surface area contributed by atoms with Crippen LogP contribution in [0.15, 0.2) is 6.07 Å². The molecular weight excluding hydrogens is 313 g/mol. The molecule has 14 heavy (non-hydrogen) atoms. The Morgan fingerprint density at radius 1 is 1.64 bits per heavy atom. The van der Waals surface area contributed by atoms with E-state index in [1.807, 2.05) is 0 Å². The van der Waals surface area contributed by atoms with Crippen LogP contribution >= 0.6 is 22.6 Å². The lowest BCUT2D eigenvalue weighted by Crippen LogP contribution is -1.99. The number of alkyl halides is 2. The number of hydrogen-bond acceptors (Lipinski definition) is 4. The van der Waals surface area contributed by atoms with Gasteiger partial charge in [-0.2, -0.15) is 0 Å². The first-order valence-electron chi connectivity index (χ1n) is 3.25. The predicted molar refractivity (Wildman–Crippen MR) is 50.2 cm³/mol. The summed E-state index contributed by atoms with van der Waals surface area (Å²) in [5, 5.41) is 19.3. The van der Waals surface area contributed by atoms with Crippen molar-refractivity contribution in [3.8, 4) is 5.75 Å². The van der Waals surface area contributed by atoms with Gasteiger partial charge in [0.05, 0.1) is 11.0 Å². The number of aromatic nitrogens is 1. The largest absolute Gasteiger partial charge is 0.506 e. The molecule has 0 saturated carbocycles. The highest BCUT2D eigenvalue weighted by molar-refractivity contribution is 14.1. The van der Waals surface area contributed by atoms with Crippen molar-refractivity contribution in [3.63, 3.8) is 0 Å². The minimum atomic E-state index is -2.95. The fraction of sp³-hybridized carbons (Fsp3) is 0.167. The van der Waals surface area contributed by atoms with Crippen LogP contribution in [0.3, 0.4) is 0 Å². The molecular formula is C6H3F2IN2O3. The van der Waals surface area contributed by atoms with E-state index in [0.717, 1.165) is 0 Å². The molecule has 0 fully saturated rings. The second kappa shape index (κ2) is 3.98. The third-order valence-electron chi connectivity index (χ3n) is 1.37. The average Bonchev–Trinajstić information content (AvgIpc) is 2.07. The number of pyridine rings is 1. The van der Waals surface area contributed by atoms with E-state index in [1.54, 1.807) is 0 Å². The number of hydrogen-bond donors (Lipinski definition) is 1. The van der Waals surface area contributed by atoms with E-state index in [9.17, 15) is 18.9 Å². The lowest BCUT2D eigenvalue weighted by molar-refractivity contribution is -0.386. The summed E-state index contributed by atoms with van der Waals surface area (Å²) in [7, 11) is 0. The van der Waals surface area contributed by atoms with E-state index in [2.05, 4.69) is 4.98 Å². The third-order valence-corrected chi connectivity index (χ3v) is 2.16. The van der Waals surface area contributed by atoms with Crippen molar-refractivity contribution in [2.75, 3.05) is 0 Å². The minimum absolute atomic E-state index is 0.180. The summed E-state index contributed by atoms with van der Waals surface area (Å²) >= 11 is 1.45. The van der Waals surface area contributed by atoms with Gasteiger partial charge in [0.25, 0.3) is 6.43 Å². The van der Waals surface area contributed by atoms with Gasteiger partial charge in [-0.3, -0.25) is 10.1 Å². The lowest BCUT2D eigenvalue weighted by atomic mass is 10.3. The Labute approximate surface area is 90.1 Å². The molecule has 0 radical (unpaired) electrons. The molecule has 1 rings (SSSR count). The maximum absolute atomic E-state index is 12.1. The summed E-state index contributed by atoms with van der Waals surface area (Å²) in [6.45, 7) is 0.